The smallest absolute Gasteiger partial charge is 0.127 e. The van der Waals surface area contributed by atoms with Crippen molar-refractivity contribution >= 4 is 0 Å². The second-order valence-corrected chi connectivity index (χ2v) is 3.75. The van der Waals surface area contributed by atoms with Gasteiger partial charge in [0.1, 0.15) is 5.82 Å². The number of hydrogen-bond donors (Lipinski definition) is 1. The highest BCUT2D eigenvalue weighted by molar-refractivity contribution is 5.20. The second-order valence-electron chi connectivity index (χ2n) is 3.75. The highest BCUT2D eigenvalue weighted by Gasteiger charge is 2.08. The van der Waals surface area contributed by atoms with Gasteiger partial charge in [-0.2, -0.15) is 0 Å². The summed E-state index contributed by atoms with van der Waals surface area (Å²) in [5.74, 6) is -0.146. The van der Waals surface area contributed by atoms with E-state index >= 15 is 0 Å². The van der Waals surface area contributed by atoms with Gasteiger partial charge in [-0.3, -0.25) is 0 Å². The fourth-order valence-corrected chi connectivity index (χ4v) is 1.57. The van der Waals surface area contributed by atoms with Crippen molar-refractivity contribution in [2.45, 2.75) is 26.3 Å². The molecular formula is C13H20FNO. The van der Waals surface area contributed by atoms with Gasteiger partial charge in [0.2, 0.25) is 0 Å². The first kappa shape index (κ1) is 13.1. The number of benzene rings is 1. The maximum Gasteiger partial charge on any atom is 0.127 e. The fourth-order valence-electron chi connectivity index (χ4n) is 1.57. The van der Waals surface area contributed by atoms with Crippen LogP contribution in [-0.2, 0) is 4.74 Å². The molecule has 0 spiro atoms. The van der Waals surface area contributed by atoms with Crippen molar-refractivity contribution in [2.24, 2.45) is 0 Å². The van der Waals surface area contributed by atoms with Gasteiger partial charge < -0.3 is 10.1 Å². The highest BCUT2D eigenvalue weighted by Crippen LogP contribution is 2.15. The van der Waals surface area contributed by atoms with Crippen LogP contribution in [0.15, 0.2) is 24.3 Å². The Labute approximate surface area is 96.8 Å². The largest absolute Gasteiger partial charge is 0.382 e. The van der Waals surface area contributed by atoms with E-state index < -0.39 is 0 Å². The molecule has 3 heteroatoms. The molecule has 16 heavy (non-hydrogen) atoms. The van der Waals surface area contributed by atoms with E-state index in [1.54, 1.807) is 6.07 Å². The Bertz CT molecular complexity index is 304. The predicted octanol–water partition coefficient (Wildman–Crippen LogP) is 2.90. The number of rotatable bonds is 7. The molecule has 0 aliphatic carbocycles. The Kier molecular flexibility index (Phi) is 6.04. The lowest BCUT2D eigenvalue weighted by molar-refractivity contribution is 0.144. The van der Waals surface area contributed by atoms with E-state index in [4.69, 9.17) is 4.74 Å². The number of hydrogen-bond acceptors (Lipinski definition) is 2. The molecule has 0 saturated heterocycles. The van der Waals surface area contributed by atoms with Gasteiger partial charge >= 0.3 is 0 Å². The van der Waals surface area contributed by atoms with E-state index in [9.17, 15) is 4.39 Å². The molecule has 0 aromatic heterocycles. The van der Waals surface area contributed by atoms with Crippen molar-refractivity contribution in [2.75, 3.05) is 19.8 Å². The summed E-state index contributed by atoms with van der Waals surface area (Å²) in [6, 6.07) is 6.92. The Balaban J connectivity index is 2.30. The Morgan fingerprint density at radius 1 is 1.38 bits per heavy atom. The first-order valence-corrected chi connectivity index (χ1v) is 5.81. The quantitative estimate of drug-likeness (QED) is 0.720. The topological polar surface area (TPSA) is 21.3 Å². The van der Waals surface area contributed by atoms with Crippen LogP contribution in [0, 0.1) is 5.82 Å². The molecule has 0 amide bonds. The third-order valence-corrected chi connectivity index (χ3v) is 2.49. The summed E-state index contributed by atoms with van der Waals surface area (Å²) in [5, 5.41) is 3.28. The Morgan fingerprint density at radius 2 is 2.12 bits per heavy atom. The van der Waals surface area contributed by atoms with Gasteiger partial charge in [-0.25, -0.2) is 4.39 Å². The Morgan fingerprint density at radius 3 is 2.81 bits per heavy atom. The molecule has 1 N–H and O–H groups in total. The van der Waals surface area contributed by atoms with Crippen molar-refractivity contribution in [3.63, 3.8) is 0 Å². The van der Waals surface area contributed by atoms with Crippen LogP contribution in [-0.4, -0.2) is 19.8 Å². The van der Waals surface area contributed by atoms with Gasteiger partial charge in [-0.15, -0.1) is 0 Å². The minimum Gasteiger partial charge on any atom is -0.382 e. The van der Waals surface area contributed by atoms with E-state index in [2.05, 4.69) is 5.32 Å². The van der Waals surface area contributed by atoms with Crippen LogP contribution in [0.4, 0.5) is 4.39 Å². The van der Waals surface area contributed by atoms with Crippen molar-refractivity contribution in [1.82, 2.24) is 5.32 Å². The summed E-state index contributed by atoms with van der Waals surface area (Å²) in [5.41, 5.74) is 0.721. The molecule has 0 aliphatic rings. The summed E-state index contributed by atoms with van der Waals surface area (Å²) in [6.07, 6.45) is 0.951. The standard InChI is InChI=1S/C13H20FNO/c1-3-16-10-6-9-15-11(2)12-7-4-5-8-13(12)14/h4-5,7-8,11,15H,3,6,9-10H2,1-2H3/t11-/m1/s1. The zero-order valence-electron chi connectivity index (χ0n) is 10.0. The minimum atomic E-state index is -0.146. The minimum absolute atomic E-state index is 0.0443. The molecule has 0 aliphatic heterocycles. The van der Waals surface area contributed by atoms with Gasteiger partial charge in [0.15, 0.2) is 0 Å². The van der Waals surface area contributed by atoms with E-state index in [0.717, 1.165) is 31.7 Å². The van der Waals surface area contributed by atoms with Crippen LogP contribution < -0.4 is 5.32 Å². The lowest BCUT2D eigenvalue weighted by Crippen LogP contribution is -2.21. The third-order valence-electron chi connectivity index (χ3n) is 2.49. The molecule has 1 atom stereocenters. The molecule has 0 saturated carbocycles. The second kappa shape index (κ2) is 7.36. The van der Waals surface area contributed by atoms with Crippen LogP contribution in [0.3, 0.4) is 0 Å². The van der Waals surface area contributed by atoms with E-state index in [-0.39, 0.29) is 11.9 Å². The zero-order chi connectivity index (χ0) is 11.8. The van der Waals surface area contributed by atoms with Crippen LogP contribution in [0.2, 0.25) is 0 Å². The fraction of sp³-hybridized carbons (Fsp3) is 0.538. The number of ether oxygens (including phenoxy) is 1. The van der Waals surface area contributed by atoms with Crippen molar-refractivity contribution in [3.8, 4) is 0 Å². The molecule has 0 unspecified atom stereocenters. The van der Waals surface area contributed by atoms with Crippen LogP contribution in [0.1, 0.15) is 31.9 Å². The van der Waals surface area contributed by atoms with Gasteiger partial charge in [0, 0.05) is 24.8 Å². The molecule has 1 rings (SSSR count). The number of halogens is 1. The maximum absolute atomic E-state index is 13.4. The van der Waals surface area contributed by atoms with Crippen LogP contribution >= 0.6 is 0 Å². The van der Waals surface area contributed by atoms with Gasteiger partial charge in [-0.05, 0) is 32.9 Å². The molecule has 1 aromatic carbocycles. The lowest BCUT2D eigenvalue weighted by atomic mass is 10.1. The normalized spacial score (nSPS) is 12.7. The van der Waals surface area contributed by atoms with Gasteiger partial charge in [0.05, 0.1) is 0 Å². The SMILES string of the molecule is CCOCCCN[C@H](C)c1ccccc1F. The average Bonchev–Trinajstić information content (AvgIpc) is 2.29. The maximum atomic E-state index is 13.4. The average molecular weight is 225 g/mol. The Hall–Kier alpha value is -0.930. The highest BCUT2D eigenvalue weighted by atomic mass is 19.1. The van der Waals surface area contributed by atoms with Crippen molar-refractivity contribution < 1.29 is 9.13 Å². The van der Waals surface area contributed by atoms with Crippen LogP contribution in [0.5, 0.6) is 0 Å². The molecule has 0 heterocycles. The molecule has 0 fully saturated rings. The molecular weight excluding hydrogens is 205 g/mol. The molecule has 90 valence electrons. The third kappa shape index (κ3) is 4.29. The summed E-state index contributed by atoms with van der Waals surface area (Å²) < 4.78 is 18.6. The van der Waals surface area contributed by atoms with Crippen molar-refractivity contribution in [3.05, 3.63) is 35.6 Å². The molecule has 0 radical (unpaired) electrons. The van der Waals surface area contributed by atoms with Gasteiger partial charge in [0.25, 0.3) is 0 Å². The molecule has 2 nitrogen and oxygen atoms in total. The first-order valence-electron chi connectivity index (χ1n) is 5.81. The summed E-state index contributed by atoms with van der Waals surface area (Å²) in [6.45, 7) is 6.31. The molecule has 1 aromatic rings. The molecule has 0 bridgehead atoms. The summed E-state index contributed by atoms with van der Waals surface area (Å²) >= 11 is 0. The first-order chi connectivity index (χ1) is 7.75. The van der Waals surface area contributed by atoms with E-state index in [0.29, 0.717) is 0 Å². The monoisotopic (exact) mass is 225 g/mol. The zero-order valence-corrected chi connectivity index (χ0v) is 10.0. The van der Waals surface area contributed by atoms with E-state index in [1.165, 1.54) is 6.07 Å². The van der Waals surface area contributed by atoms with Crippen molar-refractivity contribution in [1.29, 1.82) is 0 Å². The lowest BCUT2D eigenvalue weighted by Gasteiger charge is -2.14. The summed E-state index contributed by atoms with van der Waals surface area (Å²) in [7, 11) is 0. The van der Waals surface area contributed by atoms with Crippen LogP contribution in [0.25, 0.3) is 0 Å². The van der Waals surface area contributed by atoms with Gasteiger partial charge in [-0.1, -0.05) is 18.2 Å². The summed E-state index contributed by atoms with van der Waals surface area (Å²) in [4.78, 5) is 0. The van der Waals surface area contributed by atoms with E-state index in [1.807, 2.05) is 26.0 Å². The number of nitrogens with one attached hydrogen (secondary N) is 1. The predicted molar refractivity (Wildman–Crippen MR) is 63.9 cm³/mol.